The normalized spacial score (nSPS) is 10.3. The summed E-state index contributed by atoms with van der Waals surface area (Å²) in [5, 5.41) is 2.73. The SMILES string of the molecule is NC(=S)c1ccc(NCc2ccc(F)cc2F)c(F)c1. The van der Waals surface area contributed by atoms with E-state index < -0.39 is 17.5 Å². The fourth-order valence-electron chi connectivity index (χ4n) is 1.67. The summed E-state index contributed by atoms with van der Waals surface area (Å²) in [5.74, 6) is -1.88. The number of benzene rings is 2. The Morgan fingerprint density at radius 3 is 2.40 bits per heavy atom. The van der Waals surface area contributed by atoms with Crippen molar-refractivity contribution in [2.75, 3.05) is 5.32 Å². The fraction of sp³-hybridized carbons (Fsp3) is 0.0714. The molecule has 0 unspecified atom stereocenters. The highest BCUT2D eigenvalue weighted by Crippen LogP contribution is 2.18. The average molecular weight is 296 g/mol. The molecule has 20 heavy (non-hydrogen) atoms. The summed E-state index contributed by atoms with van der Waals surface area (Å²) < 4.78 is 39.9. The first-order chi connectivity index (χ1) is 9.47. The molecule has 2 aromatic carbocycles. The van der Waals surface area contributed by atoms with Gasteiger partial charge in [-0.15, -0.1) is 0 Å². The van der Waals surface area contributed by atoms with Gasteiger partial charge < -0.3 is 11.1 Å². The smallest absolute Gasteiger partial charge is 0.146 e. The maximum Gasteiger partial charge on any atom is 0.146 e. The van der Waals surface area contributed by atoms with Crippen molar-refractivity contribution in [3.05, 3.63) is 65.0 Å². The first-order valence-corrected chi connectivity index (χ1v) is 6.15. The quantitative estimate of drug-likeness (QED) is 0.850. The molecule has 0 aromatic heterocycles. The van der Waals surface area contributed by atoms with Crippen molar-refractivity contribution in [3.8, 4) is 0 Å². The molecule has 0 aliphatic heterocycles. The lowest BCUT2D eigenvalue weighted by atomic mass is 10.1. The lowest BCUT2D eigenvalue weighted by Gasteiger charge is -2.09. The molecule has 0 atom stereocenters. The topological polar surface area (TPSA) is 38.0 Å². The highest BCUT2D eigenvalue weighted by atomic mass is 32.1. The molecule has 0 spiro atoms. The summed E-state index contributed by atoms with van der Waals surface area (Å²) in [4.78, 5) is 0.0972. The van der Waals surface area contributed by atoms with E-state index in [4.69, 9.17) is 18.0 Å². The molecule has 0 saturated heterocycles. The molecule has 0 aliphatic carbocycles. The first-order valence-electron chi connectivity index (χ1n) is 5.74. The van der Waals surface area contributed by atoms with Gasteiger partial charge in [-0.25, -0.2) is 13.2 Å². The van der Waals surface area contributed by atoms with Crippen molar-refractivity contribution in [2.24, 2.45) is 5.73 Å². The highest BCUT2D eigenvalue weighted by Gasteiger charge is 2.07. The highest BCUT2D eigenvalue weighted by molar-refractivity contribution is 7.80. The summed E-state index contributed by atoms with van der Waals surface area (Å²) >= 11 is 4.74. The summed E-state index contributed by atoms with van der Waals surface area (Å²) in [6.07, 6.45) is 0. The molecule has 6 heteroatoms. The van der Waals surface area contributed by atoms with Crippen LogP contribution in [0.3, 0.4) is 0 Å². The van der Waals surface area contributed by atoms with Crippen molar-refractivity contribution < 1.29 is 13.2 Å². The Morgan fingerprint density at radius 1 is 1.05 bits per heavy atom. The molecule has 0 amide bonds. The summed E-state index contributed by atoms with van der Waals surface area (Å²) in [6, 6.07) is 7.46. The van der Waals surface area contributed by atoms with E-state index in [2.05, 4.69) is 5.32 Å². The predicted octanol–water partition coefficient (Wildman–Crippen LogP) is 3.35. The monoisotopic (exact) mass is 296 g/mol. The van der Waals surface area contributed by atoms with Crippen LogP contribution in [0.4, 0.5) is 18.9 Å². The Kier molecular flexibility index (Phi) is 4.24. The molecule has 2 aromatic rings. The second kappa shape index (κ2) is 5.92. The van der Waals surface area contributed by atoms with E-state index in [1.54, 1.807) is 6.07 Å². The van der Waals surface area contributed by atoms with Crippen molar-refractivity contribution in [1.82, 2.24) is 0 Å². The van der Waals surface area contributed by atoms with Crippen LogP contribution in [0.15, 0.2) is 36.4 Å². The van der Waals surface area contributed by atoms with Crippen LogP contribution in [0, 0.1) is 17.5 Å². The Morgan fingerprint density at radius 2 is 1.80 bits per heavy atom. The first kappa shape index (κ1) is 14.3. The number of hydrogen-bond acceptors (Lipinski definition) is 2. The number of halogens is 3. The van der Waals surface area contributed by atoms with Gasteiger partial charge in [-0.05, 0) is 24.3 Å². The van der Waals surface area contributed by atoms with Crippen LogP contribution in [0.25, 0.3) is 0 Å². The molecule has 104 valence electrons. The van der Waals surface area contributed by atoms with E-state index in [1.165, 1.54) is 18.2 Å². The Bertz CT molecular complexity index is 659. The van der Waals surface area contributed by atoms with E-state index in [1.807, 2.05) is 0 Å². The molecule has 3 N–H and O–H groups in total. The van der Waals surface area contributed by atoms with Crippen LogP contribution >= 0.6 is 12.2 Å². The van der Waals surface area contributed by atoms with Crippen LogP contribution in [0.1, 0.15) is 11.1 Å². The molecular weight excluding hydrogens is 285 g/mol. The Balaban J connectivity index is 2.13. The van der Waals surface area contributed by atoms with Crippen LogP contribution < -0.4 is 11.1 Å². The molecule has 2 nitrogen and oxygen atoms in total. The van der Waals surface area contributed by atoms with E-state index in [9.17, 15) is 13.2 Å². The molecule has 0 bridgehead atoms. The third-order valence-electron chi connectivity index (χ3n) is 2.74. The Hall–Kier alpha value is -2.08. The fourth-order valence-corrected chi connectivity index (χ4v) is 1.79. The van der Waals surface area contributed by atoms with Gasteiger partial charge in [-0.2, -0.15) is 0 Å². The zero-order chi connectivity index (χ0) is 14.7. The van der Waals surface area contributed by atoms with Gasteiger partial charge in [0.2, 0.25) is 0 Å². The van der Waals surface area contributed by atoms with Gasteiger partial charge in [0, 0.05) is 23.7 Å². The predicted molar refractivity (Wildman–Crippen MR) is 76.0 cm³/mol. The van der Waals surface area contributed by atoms with Gasteiger partial charge in [0.25, 0.3) is 0 Å². The second-order valence-electron chi connectivity index (χ2n) is 4.15. The third kappa shape index (κ3) is 3.27. The minimum atomic E-state index is -0.683. The van der Waals surface area contributed by atoms with Crippen molar-refractivity contribution in [2.45, 2.75) is 6.54 Å². The number of thiocarbonyl (C=S) groups is 1. The third-order valence-corrected chi connectivity index (χ3v) is 2.97. The van der Waals surface area contributed by atoms with Crippen molar-refractivity contribution >= 4 is 22.9 Å². The van der Waals surface area contributed by atoms with Gasteiger partial charge in [0.05, 0.1) is 5.69 Å². The van der Waals surface area contributed by atoms with Gasteiger partial charge in [-0.3, -0.25) is 0 Å². The molecule has 0 fully saturated rings. The largest absolute Gasteiger partial charge is 0.389 e. The lowest BCUT2D eigenvalue weighted by Crippen LogP contribution is -2.10. The average Bonchev–Trinajstić information content (AvgIpc) is 2.38. The zero-order valence-electron chi connectivity index (χ0n) is 10.3. The van der Waals surface area contributed by atoms with Crippen LogP contribution in [-0.4, -0.2) is 4.99 Å². The van der Waals surface area contributed by atoms with Crippen molar-refractivity contribution in [3.63, 3.8) is 0 Å². The maximum absolute atomic E-state index is 13.7. The summed E-state index contributed by atoms with van der Waals surface area (Å²) in [6.45, 7) is 0.0372. The molecule has 0 saturated carbocycles. The van der Waals surface area contributed by atoms with E-state index in [-0.39, 0.29) is 22.8 Å². The minimum absolute atomic E-state index is 0.0372. The van der Waals surface area contributed by atoms with E-state index in [0.717, 1.165) is 12.1 Å². The number of anilines is 1. The van der Waals surface area contributed by atoms with Gasteiger partial charge >= 0.3 is 0 Å². The van der Waals surface area contributed by atoms with Crippen LogP contribution in [0.5, 0.6) is 0 Å². The van der Waals surface area contributed by atoms with Crippen LogP contribution in [0.2, 0.25) is 0 Å². The van der Waals surface area contributed by atoms with Gasteiger partial charge in [0.1, 0.15) is 22.4 Å². The number of hydrogen-bond donors (Lipinski definition) is 2. The molecule has 0 heterocycles. The maximum atomic E-state index is 13.7. The molecular formula is C14H11F3N2S. The van der Waals surface area contributed by atoms with Gasteiger partial charge in [-0.1, -0.05) is 18.3 Å². The lowest BCUT2D eigenvalue weighted by molar-refractivity contribution is 0.573. The van der Waals surface area contributed by atoms with E-state index in [0.29, 0.717) is 5.56 Å². The zero-order valence-corrected chi connectivity index (χ0v) is 11.1. The number of rotatable bonds is 4. The second-order valence-corrected chi connectivity index (χ2v) is 4.59. The Labute approximate surface area is 119 Å². The number of nitrogens with two attached hydrogens (primary N) is 1. The molecule has 0 radical (unpaired) electrons. The van der Waals surface area contributed by atoms with Gasteiger partial charge in [0.15, 0.2) is 0 Å². The summed E-state index contributed by atoms with van der Waals surface area (Å²) in [7, 11) is 0. The molecule has 2 rings (SSSR count). The van der Waals surface area contributed by atoms with E-state index >= 15 is 0 Å². The van der Waals surface area contributed by atoms with Crippen LogP contribution in [-0.2, 0) is 6.54 Å². The number of nitrogens with one attached hydrogen (secondary N) is 1. The minimum Gasteiger partial charge on any atom is -0.389 e. The summed E-state index contributed by atoms with van der Waals surface area (Å²) in [5.41, 5.74) is 6.23. The van der Waals surface area contributed by atoms with Crippen molar-refractivity contribution in [1.29, 1.82) is 0 Å². The standard InChI is InChI=1S/C14H11F3N2S/c15-10-3-1-9(11(16)6-10)7-19-13-4-2-8(14(18)20)5-12(13)17/h1-6,19H,7H2,(H2,18,20). The molecule has 0 aliphatic rings.